The lowest BCUT2D eigenvalue weighted by molar-refractivity contribution is 0.262. The molecular formula is C12H16O2. The van der Waals surface area contributed by atoms with E-state index in [4.69, 9.17) is 5.11 Å². The van der Waals surface area contributed by atoms with Gasteiger partial charge in [-0.25, -0.2) is 0 Å². The van der Waals surface area contributed by atoms with Gasteiger partial charge >= 0.3 is 0 Å². The lowest BCUT2D eigenvalue weighted by Gasteiger charge is -2.14. The highest BCUT2D eigenvalue weighted by molar-refractivity contribution is 5.37. The van der Waals surface area contributed by atoms with Gasteiger partial charge in [0.15, 0.2) is 0 Å². The summed E-state index contributed by atoms with van der Waals surface area (Å²) in [6.07, 6.45) is 2.13. The van der Waals surface area contributed by atoms with E-state index in [1.807, 2.05) is 12.1 Å². The van der Waals surface area contributed by atoms with E-state index in [0.717, 1.165) is 12.8 Å². The fourth-order valence-corrected chi connectivity index (χ4v) is 2.40. The smallest absolute Gasteiger partial charge is 0.115 e. The molecule has 0 amide bonds. The Balaban J connectivity index is 2.26. The summed E-state index contributed by atoms with van der Waals surface area (Å²) in [7, 11) is 0. The maximum atomic E-state index is 9.19. The number of hydrogen-bond donors (Lipinski definition) is 2. The topological polar surface area (TPSA) is 40.5 Å². The number of aliphatic hydroxyl groups excluding tert-OH is 1. The van der Waals surface area contributed by atoms with Crippen LogP contribution in [0.1, 0.15) is 25.3 Å². The van der Waals surface area contributed by atoms with Crippen molar-refractivity contribution in [1.82, 2.24) is 0 Å². The molecule has 1 aliphatic rings. The summed E-state index contributed by atoms with van der Waals surface area (Å²) < 4.78 is 0. The first-order chi connectivity index (χ1) is 6.73. The van der Waals surface area contributed by atoms with Crippen LogP contribution in [-0.4, -0.2) is 16.8 Å². The Morgan fingerprint density at radius 2 is 2.00 bits per heavy atom. The van der Waals surface area contributed by atoms with E-state index >= 15 is 0 Å². The Morgan fingerprint density at radius 1 is 1.36 bits per heavy atom. The third-order valence-corrected chi connectivity index (χ3v) is 3.53. The van der Waals surface area contributed by atoms with E-state index in [1.165, 1.54) is 5.56 Å². The van der Waals surface area contributed by atoms with Gasteiger partial charge < -0.3 is 10.2 Å². The molecule has 0 radical (unpaired) electrons. The average Bonchev–Trinajstić information content (AvgIpc) is 2.94. The van der Waals surface area contributed by atoms with Crippen molar-refractivity contribution in [2.24, 2.45) is 5.92 Å². The van der Waals surface area contributed by atoms with Gasteiger partial charge in [-0.15, -0.1) is 0 Å². The minimum Gasteiger partial charge on any atom is -0.508 e. The van der Waals surface area contributed by atoms with Gasteiger partial charge in [0.2, 0.25) is 0 Å². The predicted molar refractivity (Wildman–Crippen MR) is 55.3 cm³/mol. The fraction of sp³-hybridized carbons (Fsp3) is 0.500. The number of phenols is 1. The molecule has 2 atom stereocenters. The largest absolute Gasteiger partial charge is 0.508 e. The van der Waals surface area contributed by atoms with Crippen molar-refractivity contribution >= 4 is 0 Å². The van der Waals surface area contributed by atoms with Crippen LogP contribution in [0, 0.1) is 5.92 Å². The monoisotopic (exact) mass is 192 g/mol. The van der Waals surface area contributed by atoms with Crippen LogP contribution in [0.25, 0.3) is 0 Å². The molecule has 2 N–H and O–H groups in total. The van der Waals surface area contributed by atoms with Crippen LogP contribution in [0.3, 0.4) is 0 Å². The second-order valence-corrected chi connectivity index (χ2v) is 4.14. The van der Waals surface area contributed by atoms with Gasteiger partial charge in [-0.2, -0.15) is 0 Å². The van der Waals surface area contributed by atoms with Crippen LogP contribution in [0.2, 0.25) is 0 Å². The van der Waals surface area contributed by atoms with Crippen molar-refractivity contribution in [3.05, 3.63) is 29.8 Å². The van der Waals surface area contributed by atoms with Gasteiger partial charge in [0, 0.05) is 12.0 Å². The van der Waals surface area contributed by atoms with E-state index in [-0.39, 0.29) is 12.0 Å². The van der Waals surface area contributed by atoms with Crippen molar-refractivity contribution in [3.63, 3.8) is 0 Å². The molecule has 0 bridgehead atoms. The maximum absolute atomic E-state index is 9.19. The zero-order valence-corrected chi connectivity index (χ0v) is 8.40. The summed E-state index contributed by atoms with van der Waals surface area (Å²) >= 11 is 0. The Hall–Kier alpha value is -1.02. The maximum Gasteiger partial charge on any atom is 0.115 e. The SMILES string of the molecule is CCC1(c2ccc(O)cc2)CC1CO. The van der Waals surface area contributed by atoms with Crippen molar-refractivity contribution < 1.29 is 10.2 Å². The molecule has 0 saturated heterocycles. The van der Waals surface area contributed by atoms with Gasteiger partial charge in [-0.05, 0) is 36.5 Å². The number of aromatic hydroxyl groups is 1. The van der Waals surface area contributed by atoms with Crippen LogP contribution in [0.15, 0.2) is 24.3 Å². The summed E-state index contributed by atoms with van der Waals surface area (Å²) in [6, 6.07) is 7.38. The first kappa shape index (κ1) is 9.53. The number of rotatable bonds is 3. The highest BCUT2D eigenvalue weighted by Gasteiger charge is 2.52. The molecule has 1 saturated carbocycles. The molecule has 2 unspecified atom stereocenters. The third kappa shape index (κ3) is 1.30. The molecular weight excluding hydrogens is 176 g/mol. The molecule has 0 aliphatic heterocycles. The molecule has 1 aliphatic carbocycles. The number of hydrogen-bond acceptors (Lipinski definition) is 2. The Kier molecular flexibility index (Phi) is 2.23. The molecule has 0 heterocycles. The fourth-order valence-electron chi connectivity index (χ4n) is 2.40. The lowest BCUT2D eigenvalue weighted by atomic mass is 9.91. The van der Waals surface area contributed by atoms with Crippen LogP contribution in [-0.2, 0) is 5.41 Å². The Labute approximate surface area is 84.2 Å². The number of phenolic OH excluding ortho intramolecular Hbond substituents is 1. The quantitative estimate of drug-likeness (QED) is 0.769. The van der Waals surface area contributed by atoms with Gasteiger partial charge in [0.25, 0.3) is 0 Å². The van der Waals surface area contributed by atoms with Crippen LogP contribution < -0.4 is 0 Å². The molecule has 2 heteroatoms. The molecule has 1 fully saturated rings. The van der Waals surface area contributed by atoms with Gasteiger partial charge in [-0.3, -0.25) is 0 Å². The lowest BCUT2D eigenvalue weighted by Crippen LogP contribution is -2.10. The van der Waals surface area contributed by atoms with Crippen molar-refractivity contribution in [2.75, 3.05) is 6.61 Å². The summed E-state index contributed by atoms with van der Waals surface area (Å²) in [6.45, 7) is 2.43. The van der Waals surface area contributed by atoms with E-state index < -0.39 is 0 Å². The van der Waals surface area contributed by atoms with Crippen molar-refractivity contribution in [1.29, 1.82) is 0 Å². The van der Waals surface area contributed by atoms with Crippen LogP contribution in [0.5, 0.6) is 5.75 Å². The average molecular weight is 192 g/mol. The molecule has 1 aromatic rings. The van der Waals surface area contributed by atoms with Crippen molar-refractivity contribution in [2.45, 2.75) is 25.2 Å². The van der Waals surface area contributed by atoms with Crippen molar-refractivity contribution in [3.8, 4) is 5.75 Å². The molecule has 76 valence electrons. The minimum absolute atomic E-state index is 0.183. The normalized spacial score (nSPS) is 30.3. The van der Waals surface area contributed by atoms with E-state index in [9.17, 15) is 5.11 Å². The first-order valence-electron chi connectivity index (χ1n) is 5.13. The Bertz CT molecular complexity index is 318. The van der Waals surface area contributed by atoms with Gasteiger partial charge in [0.1, 0.15) is 5.75 Å². The van der Waals surface area contributed by atoms with Crippen LogP contribution in [0.4, 0.5) is 0 Å². The first-order valence-corrected chi connectivity index (χ1v) is 5.13. The summed E-state index contributed by atoms with van der Waals surface area (Å²) in [5.74, 6) is 0.721. The highest BCUT2D eigenvalue weighted by atomic mass is 16.3. The molecule has 2 nitrogen and oxygen atoms in total. The zero-order valence-electron chi connectivity index (χ0n) is 8.40. The summed E-state index contributed by atoms with van der Waals surface area (Å²) in [5, 5.41) is 18.3. The Morgan fingerprint density at radius 3 is 2.43 bits per heavy atom. The highest BCUT2D eigenvalue weighted by Crippen LogP contribution is 2.56. The predicted octanol–water partition coefficient (Wildman–Crippen LogP) is 2.05. The summed E-state index contributed by atoms with van der Waals surface area (Å²) in [4.78, 5) is 0. The van der Waals surface area contributed by atoms with E-state index in [2.05, 4.69) is 6.92 Å². The summed E-state index contributed by atoms with van der Waals surface area (Å²) in [5.41, 5.74) is 1.43. The molecule has 0 spiro atoms. The molecule has 1 aromatic carbocycles. The number of aliphatic hydroxyl groups is 1. The van der Waals surface area contributed by atoms with Crippen LogP contribution >= 0.6 is 0 Å². The van der Waals surface area contributed by atoms with E-state index in [1.54, 1.807) is 12.1 Å². The number of benzene rings is 1. The third-order valence-electron chi connectivity index (χ3n) is 3.53. The standard InChI is InChI=1S/C12H16O2/c1-2-12(7-10(12)8-13)9-3-5-11(14)6-4-9/h3-6,10,13-14H,2,7-8H2,1H3. The molecule has 0 aromatic heterocycles. The zero-order chi connectivity index (χ0) is 10.2. The second kappa shape index (κ2) is 3.28. The second-order valence-electron chi connectivity index (χ2n) is 4.14. The molecule has 2 rings (SSSR count). The minimum atomic E-state index is 0.183. The van der Waals surface area contributed by atoms with Gasteiger partial charge in [0.05, 0.1) is 0 Å². The molecule has 14 heavy (non-hydrogen) atoms. The van der Waals surface area contributed by atoms with E-state index in [0.29, 0.717) is 11.7 Å². The van der Waals surface area contributed by atoms with Gasteiger partial charge in [-0.1, -0.05) is 19.1 Å².